The lowest BCUT2D eigenvalue weighted by Crippen LogP contribution is -2.40. The first-order chi connectivity index (χ1) is 7.03. The normalized spacial score (nSPS) is 12.9. The molecule has 0 atom stereocenters. The predicted molar refractivity (Wildman–Crippen MR) is 66.9 cm³/mol. The number of hydrogen-bond acceptors (Lipinski definition) is 2. The van der Waals surface area contributed by atoms with Crippen LogP contribution in [-0.4, -0.2) is 9.78 Å². The first-order valence-electron chi connectivity index (χ1n) is 5.65. The zero-order valence-electron chi connectivity index (χ0n) is 11.4. The van der Waals surface area contributed by atoms with Gasteiger partial charge < -0.3 is 0 Å². The van der Waals surface area contributed by atoms with Crippen molar-refractivity contribution in [3.8, 4) is 0 Å². The van der Waals surface area contributed by atoms with Gasteiger partial charge in [0.15, 0.2) is 0 Å². The molecule has 1 rings (SSSR count). The van der Waals surface area contributed by atoms with Gasteiger partial charge in [0.25, 0.3) is 5.56 Å². The van der Waals surface area contributed by atoms with Crippen LogP contribution in [0, 0.1) is 6.92 Å². The fraction of sp³-hybridized carbons (Fsp3) is 0.692. The molecule has 1 aromatic heterocycles. The number of rotatable bonds is 0. The van der Waals surface area contributed by atoms with Gasteiger partial charge in [-0.1, -0.05) is 20.8 Å². The van der Waals surface area contributed by atoms with Crippen LogP contribution in [0.2, 0.25) is 0 Å². The minimum atomic E-state index is -0.275. The first kappa shape index (κ1) is 12.9. The maximum absolute atomic E-state index is 12.3. The maximum atomic E-state index is 12.3. The van der Waals surface area contributed by atoms with E-state index < -0.39 is 0 Å². The molecule has 0 N–H and O–H groups in total. The van der Waals surface area contributed by atoms with E-state index in [2.05, 4.69) is 25.9 Å². The molecule has 0 aliphatic carbocycles. The molecule has 0 fully saturated rings. The number of nitrogens with zero attached hydrogens (tertiary/aromatic N) is 2. The summed E-state index contributed by atoms with van der Waals surface area (Å²) in [6.45, 7) is 14.1. The van der Waals surface area contributed by atoms with Crippen molar-refractivity contribution < 1.29 is 0 Å². The molecule has 1 heterocycles. The van der Waals surface area contributed by atoms with Gasteiger partial charge in [0, 0.05) is 5.56 Å². The third-order valence-electron chi connectivity index (χ3n) is 2.48. The Bertz CT molecular complexity index is 406. The number of aromatic nitrogens is 2. The topological polar surface area (TPSA) is 34.9 Å². The van der Waals surface area contributed by atoms with Crippen LogP contribution in [0.15, 0.2) is 10.9 Å². The average molecular weight is 222 g/mol. The zero-order valence-corrected chi connectivity index (χ0v) is 11.4. The summed E-state index contributed by atoms with van der Waals surface area (Å²) in [5, 5.41) is 4.32. The lowest BCUT2D eigenvalue weighted by molar-refractivity contribution is 0.329. The Morgan fingerprint density at radius 1 is 1.12 bits per heavy atom. The third-order valence-corrected chi connectivity index (χ3v) is 2.48. The molecule has 0 bridgehead atoms. The van der Waals surface area contributed by atoms with Gasteiger partial charge in [-0.05, 0) is 39.2 Å². The number of hydrogen-bond donors (Lipinski definition) is 0. The van der Waals surface area contributed by atoms with Gasteiger partial charge in [0.1, 0.15) is 0 Å². The number of aryl methyl sites for hydroxylation is 1. The molecule has 0 aromatic carbocycles. The summed E-state index contributed by atoms with van der Waals surface area (Å²) in [7, 11) is 0. The van der Waals surface area contributed by atoms with Crippen LogP contribution in [0.25, 0.3) is 0 Å². The smallest absolute Gasteiger partial charge is 0.267 e. The monoisotopic (exact) mass is 222 g/mol. The molecule has 90 valence electrons. The van der Waals surface area contributed by atoms with Gasteiger partial charge >= 0.3 is 0 Å². The molecule has 0 aliphatic rings. The SMILES string of the molecule is Cc1cc(C(C)(C)C)c(=O)n(C(C)(C)C)n1. The zero-order chi connectivity index (χ0) is 12.7. The van der Waals surface area contributed by atoms with Crippen molar-refractivity contribution in [3.05, 3.63) is 27.7 Å². The predicted octanol–water partition coefficient (Wildman–Crippen LogP) is 2.60. The lowest BCUT2D eigenvalue weighted by Gasteiger charge is -2.25. The van der Waals surface area contributed by atoms with Crippen LogP contribution in [0.3, 0.4) is 0 Å². The summed E-state index contributed by atoms with van der Waals surface area (Å²) in [6.07, 6.45) is 0. The van der Waals surface area contributed by atoms with E-state index >= 15 is 0 Å². The van der Waals surface area contributed by atoms with E-state index in [0.717, 1.165) is 11.3 Å². The molecule has 3 nitrogen and oxygen atoms in total. The minimum absolute atomic E-state index is 0.0191. The standard InChI is InChI=1S/C13H22N2O/c1-9-8-10(12(2,3)4)11(16)15(14-9)13(5,6)7/h8H,1-7H3. The van der Waals surface area contributed by atoms with Crippen LogP contribution in [0.4, 0.5) is 0 Å². The van der Waals surface area contributed by atoms with Crippen molar-refractivity contribution in [3.63, 3.8) is 0 Å². The van der Waals surface area contributed by atoms with E-state index in [9.17, 15) is 4.79 Å². The molecule has 1 aromatic rings. The molecular weight excluding hydrogens is 200 g/mol. The Labute approximate surface area is 97.5 Å². The van der Waals surface area contributed by atoms with Crippen LogP contribution in [-0.2, 0) is 11.0 Å². The van der Waals surface area contributed by atoms with Crippen LogP contribution in [0.5, 0.6) is 0 Å². The molecule has 0 spiro atoms. The molecule has 0 saturated heterocycles. The molecule has 0 radical (unpaired) electrons. The van der Waals surface area contributed by atoms with Crippen molar-refractivity contribution in [1.82, 2.24) is 9.78 Å². The van der Waals surface area contributed by atoms with Crippen molar-refractivity contribution in [1.29, 1.82) is 0 Å². The second-order valence-electron chi connectivity index (χ2n) is 6.34. The van der Waals surface area contributed by atoms with Gasteiger partial charge in [0.05, 0.1) is 11.2 Å². The highest BCUT2D eigenvalue weighted by atomic mass is 16.1. The van der Waals surface area contributed by atoms with Gasteiger partial charge in [-0.25, -0.2) is 4.68 Å². The highest BCUT2D eigenvalue weighted by Gasteiger charge is 2.24. The second-order valence-corrected chi connectivity index (χ2v) is 6.34. The highest BCUT2D eigenvalue weighted by molar-refractivity contribution is 5.21. The summed E-state index contributed by atoms with van der Waals surface area (Å²) in [6, 6.07) is 1.89. The molecule has 0 amide bonds. The fourth-order valence-corrected chi connectivity index (χ4v) is 1.61. The van der Waals surface area contributed by atoms with Crippen molar-refractivity contribution >= 4 is 0 Å². The summed E-state index contributed by atoms with van der Waals surface area (Å²) in [5.74, 6) is 0. The van der Waals surface area contributed by atoms with Gasteiger partial charge in [-0.2, -0.15) is 5.10 Å². The summed E-state index contributed by atoms with van der Waals surface area (Å²) >= 11 is 0. The Kier molecular flexibility index (Phi) is 3.01. The summed E-state index contributed by atoms with van der Waals surface area (Å²) < 4.78 is 1.59. The van der Waals surface area contributed by atoms with E-state index in [0.29, 0.717) is 0 Å². The van der Waals surface area contributed by atoms with Gasteiger partial charge in [-0.15, -0.1) is 0 Å². The van der Waals surface area contributed by atoms with E-state index in [1.54, 1.807) is 4.68 Å². The second kappa shape index (κ2) is 3.72. The van der Waals surface area contributed by atoms with E-state index in [-0.39, 0.29) is 16.5 Å². The van der Waals surface area contributed by atoms with E-state index in [4.69, 9.17) is 0 Å². The van der Waals surface area contributed by atoms with Crippen molar-refractivity contribution in [2.45, 2.75) is 59.4 Å². The van der Waals surface area contributed by atoms with E-state index in [1.807, 2.05) is 33.8 Å². The molecule has 0 unspecified atom stereocenters. The summed E-state index contributed by atoms with van der Waals surface area (Å²) in [4.78, 5) is 12.3. The highest BCUT2D eigenvalue weighted by Crippen LogP contribution is 2.20. The van der Waals surface area contributed by atoms with Crippen molar-refractivity contribution in [2.24, 2.45) is 0 Å². The molecule has 16 heavy (non-hydrogen) atoms. The van der Waals surface area contributed by atoms with Gasteiger partial charge in [-0.3, -0.25) is 4.79 Å². The molecular formula is C13H22N2O. The Hall–Kier alpha value is -1.12. The maximum Gasteiger partial charge on any atom is 0.270 e. The lowest BCUT2D eigenvalue weighted by atomic mass is 9.87. The minimum Gasteiger partial charge on any atom is -0.267 e. The third kappa shape index (κ3) is 2.52. The molecule has 3 heteroatoms. The van der Waals surface area contributed by atoms with Crippen molar-refractivity contribution in [2.75, 3.05) is 0 Å². The van der Waals surface area contributed by atoms with Crippen LogP contribution in [0.1, 0.15) is 52.8 Å². The Morgan fingerprint density at radius 3 is 2.00 bits per heavy atom. The Balaban J connectivity index is 3.58. The van der Waals surface area contributed by atoms with Gasteiger partial charge in [0.2, 0.25) is 0 Å². The van der Waals surface area contributed by atoms with Crippen LogP contribution < -0.4 is 5.56 Å². The Morgan fingerprint density at radius 2 is 1.62 bits per heavy atom. The summed E-state index contributed by atoms with van der Waals surface area (Å²) in [5.41, 5.74) is 1.32. The quantitative estimate of drug-likeness (QED) is 0.676. The first-order valence-corrected chi connectivity index (χ1v) is 5.65. The van der Waals surface area contributed by atoms with E-state index in [1.165, 1.54) is 0 Å². The fourth-order valence-electron chi connectivity index (χ4n) is 1.61. The largest absolute Gasteiger partial charge is 0.270 e. The van der Waals surface area contributed by atoms with Crippen LogP contribution >= 0.6 is 0 Å². The molecule has 0 aliphatic heterocycles. The molecule has 0 saturated carbocycles. The average Bonchev–Trinajstić information content (AvgIpc) is 2.04.